The summed E-state index contributed by atoms with van der Waals surface area (Å²) >= 11 is 1.42. The number of para-hydroxylation sites is 1. The van der Waals surface area contributed by atoms with Crippen LogP contribution in [0.1, 0.15) is 29.9 Å². The third-order valence-corrected chi connectivity index (χ3v) is 6.17. The molecule has 4 rings (SSSR count). The van der Waals surface area contributed by atoms with Crippen LogP contribution < -0.4 is 15.5 Å². The second-order valence-electron chi connectivity index (χ2n) is 6.81. The summed E-state index contributed by atoms with van der Waals surface area (Å²) in [5.41, 5.74) is 6.27. The van der Waals surface area contributed by atoms with E-state index in [1.54, 1.807) is 7.11 Å². The maximum absolute atomic E-state index is 13.3. The monoisotopic (exact) mass is 409 g/mol. The molecule has 2 aromatic carbocycles. The minimum absolute atomic E-state index is 0.0788. The molecule has 1 aromatic heterocycles. The van der Waals surface area contributed by atoms with Gasteiger partial charge in [-0.15, -0.1) is 10.2 Å². The molecule has 0 radical (unpaired) electrons. The van der Waals surface area contributed by atoms with Gasteiger partial charge in [-0.1, -0.05) is 49.0 Å². The number of nitrogens with zero attached hydrogens (tertiary/aromatic N) is 3. The molecular formula is C21H23N5O2S. The molecule has 8 heteroatoms. The summed E-state index contributed by atoms with van der Waals surface area (Å²) in [4.78, 5) is 13.3. The highest BCUT2D eigenvalue weighted by molar-refractivity contribution is 8.00. The average Bonchev–Trinajstić information content (AvgIpc) is 3.16. The Bertz CT molecular complexity index is 1020. The van der Waals surface area contributed by atoms with Gasteiger partial charge in [0.1, 0.15) is 11.0 Å². The van der Waals surface area contributed by atoms with Crippen LogP contribution in [0.15, 0.2) is 53.7 Å². The van der Waals surface area contributed by atoms with Crippen molar-refractivity contribution in [1.29, 1.82) is 0 Å². The van der Waals surface area contributed by atoms with Crippen molar-refractivity contribution >= 4 is 23.4 Å². The lowest BCUT2D eigenvalue weighted by atomic mass is 10.0. The van der Waals surface area contributed by atoms with E-state index in [4.69, 9.17) is 4.74 Å². The molecule has 0 bridgehead atoms. The van der Waals surface area contributed by atoms with Gasteiger partial charge >= 0.3 is 0 Å². The fraction of sp³-hybridized carbons (Fsp3) is 0.286. The number of nitrogens with one attached hydrogen (secondary N) is 2. The Morgan fingerprint density at radius 2 is 1.97 bits per heavy atom. The number of rotatable bonds is 5. The molecule has 0 saturated carbocycles. The Labute approximate surface area is 173 Å². The average molecular weight is 410 g/mol. The van der Waals surface area contributed by atoms with Crippen LogP contribution in [-0.4, -0.2) is 33.1 Å². The summed E-state index contributed by atoms with van der Waals surface area (Å²) in [6.45, 7) is 4.01. The van der Waals surface area contributed by atoms with Gasteiger partial charge < -0.3 is 15.5 Å². The Morgan fingerprint density at radius 1 is 1.21 bits per heavy atom. The first-order valence-electron chi connectivity index (χ1n) is 9.48. The van der Waals surface area contributed by atoms with Gasteiger partial charge in [0, 0.05) is 12.1 Å². The fourth-order valence-corrected chi connectivity index (χ4v) is 4.40. The zero-order valence-electron chi connectivity index (χ0n) is 16.5. The molecule has 2 N–H and O–H groups in total. The number of methoxy groups -OCH3 is 1. The molecular weight excluding hydrogens is 386 g/mol. The van der Waals surface area contributed by atoms with Crippen LogP contribution >= 0.6 is 11.8 Å². The number of amides is 1. The van der Waals surface area contributed by atoms with Gasteiger partial charge in [0.15, 0.2) is 5.82 Å². The van der Waals surface area contributed by atoms with Crippen LogP contribution in [0.3, 0.4) is 0 Å². The topological polar surface area (TPSA) is 81.1 Å². The standard InChI is InChI=1S/C21H23N5O2S/c1-4-17-23-24-21-26(17)25-18(14-9-11-15(28-3)12-10-14)19(29-21)20(27)22-16-8-6-5-7-13(16)2/h5-12,18-19,25H,4H2,1-3H3,(H,22,27)/t18-,19-/m1/s1. The van der Waals surface area contributed by atoms with Crippen molar-refractivity contribution in [1.82, 2.24) is 14.9 Å². The minimum atomic E-state index is -0.413. The van der Waals surface area contributed by atoms with Crippen molar-refractivity contribution in [2.45, 2.75) is 36.7 Å². The molecule has 150 valence electrons. The van der Waals surface area contributed by atoms with Crippen LogP contribution in [0.5, 0.6) is 5.75 Å². The molecule has 0 saturated heterocycles. The second kappa shape index (κ2) is 8.16. The zero-order chi connectivity index (χ0) is 20.4. The van der Waals surface area contributed by atoms with Crippen LogP contribution in [0.2, 0.25) is 0 Å². The van der Waals surface area contributed by atoms with Crippen molar-refractivity contribution in [3.63, 3.8) is 0 Å². The molecule has 0 fully saturated rings. The maximum Gasteiger partial charge on any atom is 0.240 e. The largest absolute Gasteiger partial charge is 0.497 e. The molecule has 3 aromatic rings. The predicted molar refractivity (Wildman–Crippen MR) is 114 cm³/mol. The molecule has 0 aliphatic carbocycles. The smallest absolute Gasteiger partial charge is 0.240 e. The van der Waals surface area contributed by atoms with E-state index in [0.717, 1.165) is 34.8 Å². The quantitative estimate of drug-likeness (QED) is 0.671. The van der Waals surface area contributed by atoms with E-state index in [0.29, 0.717) is 5.16 Å². The molecule has 2 heterocycles. The Morgan fingerprint density at radius 3 is 2.66 bits per heavy atom. The van der Waals surface area contributed by atoms with Crippen molar-refractivity contribution < 1.29 is 9.53 Å². The van der Waals surface area contributed by atoms with Crippen LogP contribution in [-0.2, 0) is 11.2 Å². The Hall–Kier alpha value is -3.00. The lowest BCUT2D eigenvalue weighted by molar-refractivity contribution is -0.116. The zero-order valence-corrected chi connectivity index (χ0v) is 17.4. The van der Waals surface area contributed by atoms with E-state index in [2.05, 4.69) is 20.9 Å². The number of hydrogen-bond donors (Lipinski definition) is 2. The van der Waals surface area contributed by atoms with Gasteiger partial charge in [-0.05, 0) is 36.2 Å². The Kier molecular flexibility index (Phi) is 5.44. The Balaban J connectivity index is 1.68. The number of hydrogen-bond acceptors (Lipinski definition) is 6. The van der Waals surface area contributed by atoms with Crippen molar-refractivity contribution in [3.05, 3.63) is 65.5 Å². The van der Waals surface area contributed by atoms with Crippen molar-refractivity contribution in [2.75, 3.05) is 17.9 Å². The molecule has 1 aliphatic rings. The van der Waals surface area contributed by atoms with Gasteiger partial charge in [-0.25, -0.2) is 4.68 Å². The lowest BCUT2D eigenvalue weighted by Gasteiger charge is -2.33. The molecule has 7 nitrogen and oxygen atoms in total. The summed E-state index contributed by atoms with van der Waals surface area (Å²) in [5, 5.41) is 11.8. The third kappa shape index (κ3) is 3.80. The SMILES string of the molecule is CCc1nnc2n1N[C@H](c1ccc(OC)cc1)[C@H](C(=O)Nc1ccccc1C)S2. The number of aromatic nitrogens is 3. The number of fused-ring (bicyclic) bond motifs is 1. The summed E-state index contributed by atoms with van der Waals surface area (Å²) in [7, 11) is 1.64. The van der Waals surface area contributed by atoms with E-state index in [9.17, 15) is 4.79 Å². The number of aryl methyl sites for hydroxylation is 2. The highest BCUT2D eigenvalue weighted by atomic mass is 32.2. The summed E-state index contributed by atoms with van der Waals surface area (Å²) in [6.07, 6.45) is 0.746. The maximum atomic E-state index is 13.3. The van der Waals surface area contributed by atoms with Gasteiger partial charge in [0.2, 0.25) is 11.1 Å². The number of thioether (sulfide) groups is 1. The summed E-state index contributed by atoms with van der Waals surface area (Å²) in [5.74, 6) is 1.53. The van der Waals surface area contributed by atoms with Crippen LogP contribution in [0.25, 0.3) is 0 Å². The van der Waals surface area contributed by atoms with E-state index >= 15 is 0 Å². The molecule has 2 atom stereocenters. The molecule has 29 heavy (non-hydrogen) atoms. The number of benzene rings is 2. The number of ether oxygens (including phenoxy) is 1. The van der Waals surface area contributed by atoms with Gasteiger partial charge in [-0.3, -0.25) is 4.79 Å². The lowest BCUT2D eigenvalue weighted by Crippen LogP contribution is -2.41. The molecule has 0 unspecified atom stereocenters. The first kappa shape index (κ1) is 19.3. The van der Waals surface area contributed by atoms with E-state index in [-0.39, 0.29) is 11.9 Å². The molecule has 0 spiro atoms. The molecule has 1 aliphatic heterocycles. The summed E-state index contributed by atoms with van der Waals surface area (Å²) < 4.78 is 7.16. The van der Waals surface area contributed by atoms with Crippen LogP contribution in [0, 0.1) is 6.92 Å². The van der Waals surface area contributed by atoms with E-state index < -0.39 is 5.25 Å². The predicted octanol–water partition coefficient (Wildman–Crippen LogP) is 3.56. The van der Waals surface area contributed by atoms with Crippen molar-refractivity contribution in [2.24, 2.45) is 0 Å². The number of anilines is 1. The molecule has 1 amide bonds. The number of carbonyl (C=O) groups excluding carboxylic acids is 1. The highest BCUT2D eigenvalue weighted by Crippen LogP contribution is 2.38. The van der Waals surface area contributed by atoms with Crippen LogP contribution in [0.4, 0.5) is 5.69 Å². The third-order valence-electron chi connectivity index (χ3n) is 4.96. The fourth-order valence-electron chi connectivity index (χ4n) is 3.31. The van der Waals surface area contributed by atoms with E-state index in [1.807, 2.05) is 67.1 Å². The highest BCUT2D eigenvalue weighted by Gasteiger charge is 2.37. The number of carbonyl (C=O) groups is 1. The van der Waals surface area contributed by atoms with Crippen molar-refractivity contribution in [3.8, 4) is 5.75 Å². The first-order valence-corrected chi connectivity index (χ1v) is 10.4. The van der Waals surface area contributed by atoms with Gasteiger partial charge in [-0.2, -0.15) is 0 Å². The first-order chi connectivity index (χ1) is 14.1. The summed E-state index contributed by atoms with van der Waals surface area (Å²) in [6, 6.07) is 15.3. The van der Waals surface area contributed by atoms with E-state index in [1.165, 1.54) is 11.8 Å². The second-order valence-corrected chi connectivity index (χ2v) is 7.92. The normalized spacial score (nSPS) is 17.9. The van der Waals surface area contributed by atoms with Gasteiger partial charge in [0.25, 0.3) is 0 Å². The van der Waals surface area contributed by atoms with Gasteiger partial charge in [0.05, 0.1) is 13.2 Å². The minimum Gasteiger partial charge on any atom is -0.497 e.